The van der Waals surface area contributed by atoms with Gasteiger partial charge in [0.2, 0.25) is 0 Å². The van der Waals surface area contributed by atoms with Crippen LogP contribution in [0.3, 0.4) is 0 Å². The van der Waals surface area contributed by atoms with Crippen molar-refractivity contribution in [2.45, 2.75) is 59.4 Å². The van der Waals surface area contributed by atoms with Crippen LogP contribution in [0.4, 0.5) is 0 Å². The molecule has 0 aromatic carbocycles. The molecule has 0 aliphatic rings. The third-order valence-electron chi connectivity index (χ3n) is 2.99. The van der Waals surface area contributed by atoms with E-state index in [0.29, 0.717) is 24.8 Å². The molecular weight excluding hydrogens is 212 g/mol. The average molecular weight is 236 g/mol. The summed E-state index contributed by atoms with van der Waals surface area (Å²) in [4.78, 5) is 11.7. The SMILES string of the molecule is CCC(CC)n1ccc(CC(=O)CC(C)C)n1. The highest BCUT2D eigenvalue weighted by molar-refractivity contribution is 5.80. The molecule has 0 N–H and O–H groups in total. The Morgan fingerprint density at radius 2 is 2.00 bits per heavy atom. The van der Waals surface area contributed by atoms with Gasteiger partial charge in [0.25, 0.3) is 0 Å². The normalized spacial score (nSPS) is 11.4. The Morgan fingerprint density at radius 3 is 2.53 bits per heavy atom. The molecule has 0 unspecified atom stereocenters. The number of hydrogen-bond donors (Lipinski definition) is 0. The summed E-state index contributed by atoms with van der Waals surface area (Å²) in [5.41, 5.74) is 0.905. The third-order valence-corrected chi connectivity index (χ3v) is 2.99. The topological polar surface area (TPSA) is 34.9 Å². The minimum absolute atomic E-state index is 0.287. The molecule has 1 rings (SSSR count). The second-order valence-corrected chi connectivity index (χ2v) is 5.07. The van der Waals surface area contributed by atoms with Crippen LogP contribution in [0.1, 0.15) is 58.7 Å². The van der Waals surface area contributed by atoms with Crippen molar-refractivity contribution in [1.82, 2.24) is 9.78 Å². The van der Waals surface area contributed by atoms with Crippen molar-refractivity contribution in [2.24, 2.45) is 5.92 Å². The maximum Gasteiger partial charge on any atom is 0.139 e. The van der Waals surface area contributed by atoms with Gasteiger partial charge >= 0.3 is 0 Å². The minimum atomic E-state index is 0.287. The monoisotopic (exact) mass is 236 g/mol. The van der Waals surface area contributed by atoms with E-state index in [9.17, 15) is 4.79 Å². The zero-order valence-electron chi connectivity index (χ0n) is 11.4. The Balaban J connectivity index is 2.59. The molecule has 0 spiro atoms. The van der Waals surface area contributed by atoms with Gasteiger partial charge in [-0.25, -0.2) is 0 Å². The van der Waals surface area contributed by atoms with Gasteiger partial charge in [0, 0.05) is 12.6 Å². The number of hydrogen-bond acceptors (Lipinski definition) is 2. The summed E-state index contributed by atoms with van der Waals surface area (Å²) in [6, 6.07) is 2.43. The number of Topliss-reactive ketones (excluding diaryl/α,β-unsaturated/α-hetero) is 1. The van der Waals surface area contributed by atoms with Gasteiger partial charge in [-0.3, -0.25) is 9.48 Å². The van der Waals surface area contributed by atoms with Crippen LogP contribution in [-0.2, 0) is 11.2 Å². The third kappa shape index (κ3) is 4.33. The van der Waals surface area contributed by atoms with Crippen LogP contribution in [0, 0.1) is 5.92 Å². The first-order valence-corrected chi connectivity index (χ1v) is 6.62. The molecule has 1 heterocycles. The maximum absolute atomic E-state index is 11.7. The smallest absolute Gasteiger partial charge is 0.139 e. The molecule has 0 saturated heterocycles. The lowest BCUT2D eigenvalue weighted by molar-refractivity contribution is -0.119. The van der Waals surface area contributed by atoms with Crippen LogP contribution in [-0.4, -0.2) is 15.6 Å². The molecule has 96 valence electrons. The van der Waals surface area contributed by atoms with Crippen molar-refractivity contribution >= 4 is 5.78 Å². The maximum atomic E-state index is 11.7. The standard InChI is InChI=1S/C14H24N2O/c1-5-13(6-2)16-8-7-12(15-16)10-14(17)9-11(3)4/h7-8,11,13H,5-6,9-10H2,1-4H3. The quantitative estimate of drug-likeness (QED) is 0.727. The number of carbonyl (C=O) groups is 1. The number of aromatic nitrogens is 2. The van der Waals surface area contributed by atoms with Gasteiger partial charge < -0.3 is 0 Å². The lowest BCUT2D eigenvalue weighted by Crippen LogP contribution is -2.10. The highest BCUT2D eigenvalue weighted by atomic mass is 16.1. The second kappa shape index (κ2) is 6.58. The lowest BCUT2D eigenvalue weighted by Gasteiger charge is -2.12. The second-order valence-electron chi connectivity index (χ2n) is 5.07. The van der Waals surface area contributed by atoms with E-state index in [4.69, 9.17) is 0 Å². The zero-order chi connectivity index (χ0) is 12.8. The minimum Gasteiger partial charge on any atom is -0.299 e. The summed E-state index contributed by atoms with van der Waals surface area (Å²) < 4.78 is 2.00. The van der Waals surface area contributed by atoms with Crippen molar-refractivity contribution in [2.75, 3.05) is 0 Å². The van der Waals surface area contributed by atoms with Gasteiger partial charge in [0.1, 0.15) is 5.78 Å². The van der Waals surface area contributed by atoms with Crippen molar-refractivity contribution in [1.29, 1.82) is 0 Å². The first kappa shape index (κ1) is 13.9. The summed E-state index contributed by atoms with van der Waals surface area (Å²) in [5, 5.41) is 4.50. The van der Waals surface area contributed by atoms with Crippen molar-refractivity contribution in [3.63, 3.8) is 0 Å². The first-order chi connectivity index (χ1) is 8.06. The van der Waals surface area contributed by atoms with Gasteiger partial charge in [-0.15, -0.1) is 0 Å². The Morgan fingerprint density at radius 1 is 1.35 bits per heavy atom. The zero-order valence-corrected chi connectivity index (χ0v) is 11.4. The van der Waals surface area contributed by atoms with E-state index in [1.165, 1.54) is 0 Å². The van der Waals surface area contributed by atoms with Gasteiger partial charge in [-0.05, 0) is 24.8 Å². The van der Waals surface area contributed by atoms with E-state index in [-0.39, 0.29) is 5.78 Å². The Hall–Kier alpha value is -1.12. The van der Waals surface area contributed by atoms with E-state index in [1.807, 2.05) is 16.9 Å². The fourth-order valence-electron chi connectivity index (χ4n) is 2.07. The molecule has 0 bridgehead atoms. The van der Waals surface area contributed by atoms with Crippen LogP contribution < -0.4 is 0 Å². The van der Waals surface area contributed by atoms with Crippen molar-refractivity contribution in [3.05, 3.63) is 18.0 Å². The van der Waals surface area contributed by atoms with E-state index < -0.39 is 0 Å². The molecule has 0 aliphatic heterocycles. The van der Waals surface area contributed by atoms with Gasteiger partial charge in [0.15, 0.2) is 0 Å². The number of nitrogens with zero attached hydrogens (tertiary/aromatic N) is 2. The van der Waals surface area contributed by atoms with Crippen LogP contribution in [0.5, 0.6) is 0 Å². The number of carbonyl (C=O) groups excluding carboxylic acids is 1. The Kier molecular flexibility index (Phi) is 5.39. The largest absolute Gasteiger partial charge is 0.299 e. The fourth-order valence-corrected chi connectivity index (χ4v) is 2.07. The Labute approximate surface area is 104 Å². The van der Waals surface area contributed by atoms with Crippen LogP contribution >= 0.6 is 0 Å². The molecule has 0 saturated carbocycles. The molecule has 3 heteroatoms. The fraction of sp³-hybridized carbons (Fsp3) is 0.714. The van der Waals surface area contributed by atoms with Crippen molar-refractivity contribution < 1.29 is 4.79 Å². The summed E-state index contributed by atoms with van der Waals surface area (Å²) in [6.45, 7) is 8.47. The van der Waals surface area contributed by atoms with E-state index in [0.717, 1.165) is 18.5 Å². The van der Waals surface area contributed by atoms with Gasteiger partial charge in [0.05, 0.1) is 18.2 Å². The van der Waals surface area contributed by atoms with Gasteiger partial charge in [-0.2, -0.15) is 5.10 Å². The summed E-state index contributed by atoms with van der Waals surface area (Å²) >= 11 is 0. The van der Waals surface area contributed by atoms with Crippen LogP contribution in [0.25, 0.3) is 0 Å². The van der Waals surface area contributed by atoms with Crippen molar-refractivity contribution in [3.8, 4) is 0 Å². The molecular formula is C14H24N2O. The summed E-state index contributed by atoms with van der Waals surface area (Å²) in [7, 11) is 0. The highest BCUT2D eigenvalue weighted by Gasteiger charge is 2.11. The average Bonchev–Trinajstić information content (AvgIpc) is 2.67. The molecule has 0 fully saturated rings. The lowest BCUT2D eigenvalue weighted by atomic mass is 10.0. The molecule has 0 amide bonds. The van der Waals surface area contributed by atoms with E-state index in [1.54, 1.807) is 0 Å². The predicted octanol–water partition coefficient (Wildman–Crippen LogP) is 3.40. The molecule has 1 aromatic heterocycles. The van der Waals surface area contributed by atoms with Gasteiger partial charge in [-0.1, -0.05) is 27.7 Å². The molecule has 0 atom stereocenters. The number of ketones is 1. The van der Waals surface area contributed by atoms with Crippen LogP contribution in [0.15, 0.2) is 12.3 Å². The number of rotatable bonds is 7. The molecule has 3 nitrogen and oxygen atoms in total. The summed E-state index contributed by atoms with van der Waals surface area (Å²) in [6.07, 6.45) is 5.29. The van der Waals surface area contributed by atoms with Crippen LogP contribution in [0.2, 0.25) is 0 Å². The van der Waals surface area contributed by atoms with E-state index in [2.05, 4.69) is 32.8 Å². The van der Waals surface area contributed by atoms with E-state index >= 15 is 0 Å². The predicted molar refractivity (Wildman–Crippen MR) is 70.0 cm³/mol. The molecule has 17 heavy (non-hydrogen) atoms. The Bertz CT molecular complexity index is 351. The molecule has 0 radical (unpaired) electrons. The molecule has 0 aliphatic carbocycles. The first-order valence-electron chi connectivity index (χ1n) is 6.62. The highest BCUT2D eigenvalue weighted by Crippen LogP contribution is 2.15. The molecule has 1 aromatic rings. The summed E-state index contributed by atoms with van der Waals surface area (Å²) in [5.74, 6) is 0.721.